The summed E-state index contributed by atoms with van der Waals surface area (Å²) in [5.41, 5.74) is 1.82. The van der Waals surface area contributed by atoms with E-state index in [0.29, 0.717) is 0 Å². The Morgan fingerprint density at radius 3 is 2.53 bits per heavy atom. The second-order valence-corrected chi connectivity index (χ2v) is 5.78. The molecule has 0 saturated carbocycles. The highest BCUT2D eigenvalue weighted by atomic mass is 79.9. The van der Waals surface area contributed by atoms with Gasteiger partial charge in [-0.2, -0.15) is 5.10 Å². The smallest absolute Gasteiger partial charge is 0.124 e. The fourth-order valence-corrected chi connectivity index (χ4v) is 2.29. The molecule has 0 bridgehead atoms. The zero-order chi connectivity index (χ0) is 12.6. The summed E-state index contributed by atoms with van der Waals surface area (Å²) >= 11 is 3.39. The van der Waals surface area contributed by atoms with E-state index in [1.165, 1.54) is 12.1 Å². The lowest BCUT2D eigenvalue weighted by Crippen LogP contribution is -2.23. The number of halogens is 2. The van der Waals surface area contributed by atoms with Crippen LogP contribution in [0.15, 0.2) is 34.9 Å². The summed E-state index contributed by atoms with van der Waals surface area (Å²) < 4.78 is 15.7. The molecule has 0 aliphatic heterocycles. The first kappa shape index (κ1) is 12.3. The summed E-state index contributed by atoms with van der Waals surface area (Å²) in [5.74, 6) is -0.248. The lowest BCUT2D eigenvalue weighted by atomic mass is 10.1. The highest BCUT2D eigenvalue weighted by Gasteiger charge is 2.19. The van der Waals surface area contributed by atoms with Crippen molar-refractivity contribution in [3.05, 3.63) is 40.8 Å². The van der Waals surface area contributed by atoms with Crippen LogP contribution in [-0.2, 0) is 5.54 Å². The molecule has 0 spiro atoms. The first-order valence-corrected chi connectivity index (χ1v) is 6.19. The first-order chi connectivity index (χ1) is 7.89. The van der Waals surface area contributed by atoms with Crippen LogP contribution in [0.2, 0.25) is 0 Å². The summed E-state index contributed by atoms with van der Waals surface area (Å²) in [6.45, 7) is 6.25. The second-order valence-electron chi connectivity index (χ2n) is 4.92. The number of aromatic nitrogens is 2. The zero-order valence-electron chi connectivity index (χ0n) is 10.0. The standard InChI is InChI=1S/C13H14BrFN2/c1-13(2,3)17-12(6-7-16-17)10-5-4-9(15)8-11(10)14/h4-8H,1-3H3. The number of hydrogen-bond acceptors (Lipinski definition) is 1. The maximum absolute atomic E-state index is 13.1. The maximum atomic E-state index is 13.1. The molecule has 0 fully saturated rings. The van der Waals surface area contributed by atoms with Gasteiger partial charge < -0.3 is 0 Å². The Hall–Kier alpha value is -1.16. The van der Waals surface area contributed by atoms with Crippen molar-refractivity contribution < 1.29 is 4.39 Å². The minimum atomic E-state index is -0.248. The van der Waals surface area contributed by atoms with Crippen LogP contribution in [0.5, 0.6) is 0 Å². The maximum Gasteiger partial charge on any atom is 0.124 e. The van der Waals surface area contributed by atoms with E-state index < -0.39 is 0 Å². The Morgan fingerprint density at radius 2 is 1.94 bits per heavy atom. The Morgan fingerprint density at radius 1 is 1.24 bits per heavy atom. The van der Waals surface area contributed by atoms with Crippen molar-refractivity contribution in [1.29, 1.82) is 0 Å². The van der Waals surface area contributed by atoms with Gasteiger partial charge >= 0.3 is 0 Å². The topological polar surface area (TPSA) is 17.8 Å². The van der Waals surface area contributed by atoms with Crippen LogP contribution in [0.25, 0.3) is 11.3 Å². The van der Waals surface area contributed by atoms with E-state index >= 15 is 0 Å². The molecule has 0 saturated heterocycles. The molecule has 0 amide bonds. The van der Waals surface area contributed by atoms with Gasteiger partial charge in [0.05, 0.1) is 11.2 Å². The van der Waals surface area contributed by atoms with E-state index in [9.17, 15) is 4.39 Å². The molecule has 0 atom stereocenters. The number of nitrogens with zero attached hydrogens (tertiary/aromatic N) is 2. The van der Waals surface area contributed by atoms with E-state index in [-0.39, 0.29) is 11.4 Å². The molecule has 17 heavy (non-hydrogen) atoms. The van der Waals surface area contributed by atoms with E-state index in [1.807, 2.05) is 10.7 Å². The molecule has 0 aliphatic carbocycles. The fourth-order valence-electron chi connectivity index (χ4n) is 1.74. The summed E-state index contributed by atoms with van der Waals surface area (Å²) in [5, 5.41) is 4.33. The van der Waals surface area contributed by atoms with Gasteiger partial charge in [0, 0.05) is 16.2 Å². The molecular formula is C13H14BrFN2. The van der Waals surface area contributed by atoms with E-state index in [0.717, 1.165) is 15.7 Å². The Balaban J connectivity index is 2.58. The number of hydrogen-bond donors (Lipinski definition) is 0. The quantitative estimate of drug-likeness (QED) is 0.771. The van der Waals surface area contributed by atoms with Crippen LogP contribution in [0.4, 0.5) is 4.39 Å². The SMILES string of the molecule is CC(C)(C)n1nccc1-c1ccc(F)cc1Br. The van der Waals surface area contributed by atoms with Gasteiger partial charge in [-0.15, -0.1) is 0 Å². The van der Waals surface area contributed by atoms with Crippen molar-refractivity contribution in [2.24, 2.45) is 0 Å². The van der Waals surface area contributed by atoms with Crippen molar-refractivity contribution >= 4 is 15.9 Å². The predicted octanol–water partition coefficient (Wildman–Crippen LogP) is 4.21. The molecule has 2 rings (SSSR count). The molecule has 1 aromatic heterocycles. The summed E-state index contributed by atoms with van der Waals surface area (Å²) in [7, 11) is 0. The van der Waals surface area contributed by atoms with E-state index in [4.69, 9.17) is 0 Å². The molecule has 2 nitrogen and oxygen atoms in total. The van der Waals surface area contributed by atoms with E-state index in [1.54, 1.807) is 12.3 Å². The molecule has 0 N–H and O–H groups in total. The van der Waals surface area contributed by atoms with Gasteiger partial charge in [0.1, 0.15) is 5.82 Å². The third kappa shape index (κ3) is 2.41. The van der Waals surface area contributed by atoms with Crippen molar-refractivity contribution in [2.75, 3.05) is 0 Å². The van der Waals surface area contributed by atoms with Gasteiger partial charge in [-0.05, 0) is 61.0 Å². The molecule has 4 heteroatoms. The van der Waals surface area contributed by atoms with Gasteiger partial charge in [0.15, 0.2) is 0 Å². The average molecular weight is 297 g/mol. The molecule has 90 valence electrons. The van der Waals surface area contributed by atoms with Crippen molar-refractivity contribution in [2.45, 2.75) is 26.3 Å². The van der Waals surface area contributed by atoms with Crippen LogP contribution in [0.1, 0.15) is 20.8 Å². The molecule has 1 heterocycles. The summed E-state index contributed by atoms with van der Waals surface area (Å²) in [6.07, 6.45) is 1.76. The molecule has 1 aromatic carbocycles. The van der Waals surface area contributed by atoms with Crippen LogP contribution in [-0.4, -0.2) is 9.78 Å². The minimum absolute atomic E-state index is 0.105. The van der Waals surface area contributed by atoms with Crippen LogP contribution in [0.3, 0.4) is 0 Å². The van der Waals surface area contributed by atoms with E-state index in [2.05, 4.69) is 41.8 Å². The molecule has 2 aromatic rings. The Labute approximate surface area is 109 Å². The average Bonchev–Trinajstić information content (AvgIpc) is 2.65. The third-order valence-electron chi connectivity index (χ3n) is 2.49. The minimum Gasteiger partial charge on any atom is -0.260 e. The van der Waals surface area contributed by atoms with Crippen molar-refractivity contribution in [3.63, 3.8) is 0 Å². The molecular weight excluding hydrogens is 283 g/mol. The molecule has 0 aliphatic rings. The normalized spacial score (nSPS) is 11.8. The number of rotatable bonds is 1. The molecule has 0 radical (unpaired) electrons. The lowest BCUT2D eigenvalue weighted by molar-refractivity contribution is 0.360. The van der Waals surface area contributed by atoms with Crippen LogP contribution >= 0.6 is 15.9 Å². The highest BCUT2D eigenvalue weighted by molar-refractivity contribution is 9.10. The number of benzene rings is 1. The van der Waals surface area contributed by atoms with Gasteiger partial charge in [-0.3, -0.25) is 4.68 Å². The van der Waals surface area contributed by atoms with Crippen molar-refractivity contribution in [3.8, 4) is 11.3 Å². The zero-order valence-corrected chi connectivity index (χ0v) is 11.6. The van der Waals surface area contributed by atoms with Gasteiger partial charge in [-0.1, -0.05) is 0 Å². The summed E-state index contributed by atoms with van der Waals surface area (Å²) in [6, 6.07) is 6.62. The highest BCUT2D eigenvalue weighted by Crippen LogP contribution is 2.31. The largest absolute Gasteiger partial charge is 0.260 e. The van der Waals surface area contributed by atoms with Gasteiger partial charge in [0.2, 0.25) is 0 Å². The van der Waals surface area contributed by atoms with Gasteiger partial charge in [0.25, 0.3) is 0 Å². The molecule has 0 unspecified atom stereocenters. The Kier molecular flexibility index (Phi) is 3.08. The van der Waals surface area contributed by atoms with Crippen molar-refractivity contribution in [1.82, 2.24) is 9.78 Å². The lowest BCUT2D eigenvalue weighted by Gasteiger charge is -2.22. The van der Waals surface area contributed by atoms with Crippen LogP contribution in [0, 0.1) is 5.82 Å². The third-order valence-corrected chi connectivity index (χ3v) is 3.14. The first-order valence-electron chi connectivity index (χ1n) is 5.39. The second kappa shape index (κ2) is 4.26. The summed E-state index contributed by atoms with van der Waals surface area (Å²) in [4.78, 5) is 0. The monoisotopic (exact) mass is 296 g/mol. The van der Waals surface area contributed by atoms with Gasteiger partial charge in [-0.25, -0.2) is 4.39 Å². The predicted molar refractivity (Wildman–Crippen MR) is 70.3 cm³/mol. The Bertz CT molecular complexity index is 541. The fraction of sp³-hybridized carbons (Fsp3) is 0.308. The van der Waals surface area contributed by atoms with Crippen LogP contribution < -0.4 is 0 Å².